The maximum atomic E-state index is 5.63. The lowest BCUT2D eigenvalue weighted by molar-refractivity contribution is 0.552. The lowest BCUT2D eigenvalue weighted by Crippen LogP contribution is -1.96. The number of hydrogen-bond donors (Lipinski definition) is 1. The van der Waals surface area contributed by atoms with E-state index in [1.54, 1.807) is 17.8 Å². The van der Waals surface area contributed by atoms with Crippen LogP contribution in [0.15, 0.2) is 27.3 Å². The number of nitrogens with zero attached hydrogens (tertiary/aromatic N) is 2. The molecule has 2 heterocycles. The molecule has 13 heavy (non-hydrogen) atoms. The van der Waals surface area contributed by atoms with Gasteiger partial charge in [0.15, 0.2) is 10.4 Å². The van der Waals surface area contributed by atoms with Gasteiger partial charge in [-0.1, -0.05) is 0 Å². The SMILES string of the molecule is Cn1nc(-c2ccc(Br)o2)cc1N. The number of rotatable bonds is 1. The van der Waals surface area contributed by atoms with Crippen molar-refractivity contribution >= 4 is 21.7 Å². The van der Waals surface area contributed by atoms with E-state index in [2.05, 4.69) is 21.0 Å². The van der Waals surface area contributed by atoms with Crippen molar-refractivity contribution in [1.82, 2.24) is 9.78 Å². The minimum absolute atomic E-state index is 0.613. The second-order valence-corrected chi connectivity index (χ2v) is 3.46. The van der Waals surface area contributed by atoms with Crippen molar-refractivity contribution < 1.29 is 4.42 Å². The first kappa shape index (κ1) is 8.37. The molecule has 5 heteroatoms. The third kappa shape index (κ3) is 1.47. The summed E-state index contributed by atoms with van der Waals surface area (Å²) in [7, 11) is 1.79. The lowest BCUT2D eigenvalue weighted by Gasteiger charge is -1.89. The van der Waals surface area contributed by atoms with Crippen molar-refractivity contribution in [3.8, 4) is 11.5 Å². The molecule has 0 aromatic carbocycles. The molecule has 0 bridgehead atoms. The predicted octanol–water partition coefficient (Wildman–Crippen LogP) is 2.02. The highest BCUT2D eigenvalue weighted by atomic mass is 79.9. The summed E-state index contributed by atoms with van der Waals surface area (Å²) in [6.45, 7) is 0. The first-order valence-corrected chi connectivity index (χ1v) is 4.51. The Balaban J connectivity index is 2.46. The summed E-state index contributed by atoms with van der Waals surface area (Å²) in [6, 6.07) is 5.43. The van der Waals surface area contributed by atoms with E-state index in [0.717, 1.165) is 5.69 Å². The molecule has 2 aromatic rings. The van der Waals surface area contributed by atoms with Crippen molar-refractivity contribution in [3.63, 3.8) is 0 Å². The van der Waals surface area contributed by atoms with Gasteiger partial charge in [0.25, 0.3) is 0 Å². The Morgan fingerprint density at radius 3 is 2.77 bits per heavy atom. The average molecular weight is 242 g/mol. The van der Waals surface area contributed by atoms with Crippen molar-refractivity contribution in [1.29, 1.82) is 0 Å². The third-order valence-electron chi connectivity index (χ3n) is 1.74. The molecule has 2 rings (SSSR count). The van der Waals surface area contributed by atoms with Gasteiger partial charge in [0.1, 0.15) is 11.5 Å². The summed E-state index contributed by atoms with van der Waals surface area (Å²) >= 11 is 3.22. The Morgan fingerprint density at radius 1 is 1.54 bits per heavy atom. The molecule has 2 N–H and O–H groups in total. The van der Waals surface area contributed by atoms with Crippen molar-refractivity contribution in [3.05, 3.63) is 22.9 Å². The number of nitrogen functional groups attached to an aromatic ring is 1. The standard InChI is InChI=1S/C8H8BrN3O/c1-12-8(10)4-5(11-12)6-2-3-7(9)13-6/h2-4H,10H2,1H3. The van der Waals surface area contributed by atoms with Crippen LogP contribution in [0.2, 0.25) is 0 Å². The second kappa shape index (κ2) is 2.92. The Morgan fingerprint density at radius 2 is 2.31 bits per heavy atom. The third-order valence-corrected chi connectivity index (χ3v) is 2.17. The first-order valence-electron chi connectivity index (χ1n) is 3.72. The van der Waals surface area contributed by atoms with Gasteiger partial charge in [-0.3, -0.25) is 4.68 Å². The zero-order valence-corrected chi connectivity index (χ0v) is 8.58. The molecular formula is C8H8BrN3O. The molecule has 0 radical (unpaired) electrons. The van der Waals surface area contributed by atoms with Gasteiger partial charge in [-0.05, 0) is 28.1 Å². The zero-order chi connectivity index (χ0) is 9.42. The molecule has 0 saturated carbocycles. The molecule has 0 fully saturated rings. The zero-order valence-electron chi connectivity index (χ0n) is 6.99. The van der Waals surface area contributed by atoms with Crippen molar-refractivity contribution in [2.24, 2.45) is 7.05 Å². The topological polar surface area (TPSA) is 57.0 Å². The molecule has 0 amide bonds. The van der Waals surface area contributed by atoms with E-state index in [0.29, 0.717) is 16.2 Å². The summed E-state index contributed by atoms with van der Waals surface area (Å²) in [4.78, 5) is 0. The molecule has 0 spiro atoms. The average Bonchev–Trinajstić information content (AvgIpc) is 2.61. The largest absolute Gasteiger partial charge is 0.448 e. The predicted molar refractivity (Wildman–Crippen MR) is 53.0 cm³/mol. The molecule has 0 atom stereocenters. The summed E-state index contributed by atoms with van der Waals surface area (Å²) in [5, 5.41) is 4.17. The van der Waals surface area contributed by atoms with Gasteiger partial charge in [0.2, 0.25) is 0 Å². The van der Waals surface area contributed by atoms with Crippen LogP contribution in [0.1, 0.15) is 0 Å². The quantitative estimate of drug-likeness (QED) is 0.832. The van der Waals surface area contributed by atoms with Gasteiger partial charge in [-0.2, -0.15) is 5.10 Å². The number of aryl methyl sites for hydroxylation is 1. The molecule has 0 saturated heterocycles. The van der Waals surface area contributed by atoms with E-state index in [1.165, 1.54) is 0 Å². The number of aromatic nitrogens is 2. The van der Waals surface area contributed by atoms with E-state index in [1.807, 2.05) is 12.1 Å². The smallest absolute Gasteiger partial charge is 0.169 e. The molecular weight excluding hydrogens is 234 g/mol. The summed E-state index contributed by atoms with van der Waals surface area (Å²) in [6.07, 6.45) is 0. The number of halogens is 1. The Labute approximate surface area is 83.5 Å². The van der Waals surface area contributed by atoms with E-state index >= 15 is 0 Å². The second-order valence-electron chi connectivity index (χ2n) is 2.68. The molecule has 0 aliphatic heterocycles. The van der Waals surface area contributed by atoms with Crippen molar-refractivity contribution in [2.45, 2.75) is 0 Å². The van der Waals surface area contributed by atoms with E-state index in [4.69, 9.17) is 10.2 Å². The van der Waals surface area contributed by atoms with Crippen LogP contribution in [0.25, 0.3) is 11.5 Å². The van der Waals surface area contributed by atoms with Crippen LogP contribution in [0, 0.1) is 0 Å². The molecule has 0 aliphatic carbocycles. The van der Waals surface area contributed by atoms with Gasteiger partial charge >= 0.3 is 0 Å². The van der Waals surface area contributed by atoms with Gasteiger partial charge < -0.3 is 10.2 Å². The summed E-state index contributed by atoms with van der Waals surface area (Å²) in [5.74, 6) is 1.32. The summed E-state index contributed by atoms with van der Waals surface area (Å²) < 4.78 is 7.61. The van der Waals surface area contributed by atoms with Crippen molar-refractivity contribution in [2.75, 3.05) is 5.73 Å². The first-order chi connectivity index (χ1) is 6.16. The molecule has 4 nitrogen and oxygen atoms in total. The Hall–Kier alpha value is -1.23. The van der Waals surface area contributed by atoms with Crippen LogP contribution in [0.3, 0.4) is 0 Å². The minimum Gasteiger partial charge on any atom is -0.448 e. The van der Waals surface area contributed by atoms with E-state index in [-0.39, 0.29) is 0 Å². The molecule has 2 aromatic heterocycles. The monoisotopic (exact) mass is 241 g/mol. The number of furan rings is 1. The number of hydrogen-bond acceptors (Lipinski definition) is 3. The van der Waals surface area contributed by atoms with Gasteiger partial charge in [-0.25, -0.2) is 0 Å². The Bertz CT molecular complexity index is 413. The van der Waals surface area contributed by atoms with Gasteiger partial charge in [-0.15, -0.1) is 0 Å². The summed E-state index contributed by atoms with van der Waals surface area (Å²) in [5.41, 5.74) is 6.37. The van der Waals surface area contributed by atoms with Crippen LogP contribution in [-0.4, -0.2) is 9.78 Å². The van der Waals surface area contributed by atoms with Crippen LogP contribution in [0.4, 0.5) is 5.82 Å². The minimum atomic E-state index is 0.613. The molecule has 0 aliphatic rings. The van der Waals surface area contributed by atoms with E-state index in [9.17, 15) is 0 Å². The van der Waals surface area contributed by atoms with Crippen LogP contribution in [-0.2, 0) is 7.05 Å². The number of anilines is 1. The highest BCUT2D eigenvalue weighted by Crippen LogP contribution is 2.24. The Kier molecular flexibility index (Phi) is 1.88. The fourth-order valence-corrected chi connectivity index (χ4v) is 1.36. The normalized spacial score (nSPS) is 10.6. The van der Waals surface area contributed by atoms with Gasteiger partial charge in [0, 0.05) is 13.1 Å². The maximum absolute atomic E-state index is 5.63. The molecule has 68 valence electrons. The van der Waals surface area contributed by atoms with Crippen LogP contribution in [0.5, 0.6) is 0 Å². The maximum Gasteiger partial charge on any atom is 0.169 e. The molecule has 0 unspecified atom stereocenters. The van der Waals surface area contributed by atoms with Crippen LogP contribution >= 0.6 is 15.9 Å². The van der Waals surface area contributed by atoms with Crippen LogP contribution < -0.4 is 5.73 Å². The fourth-order valence-electron chi connectivity index (χ4n) is 1.05. The number of nitrogens with two attached hydrogens (primary N) is 1. The highest BCUT2D eigenvalue weighted by molar-refractivity contribution is 9.10. The fraction of sp³-hybridized carbons (Fsp3) is 0.125. The highest BCUT2D eigenvalue weighted by Gasteiger charge is 2.08. The van der Waals surface area contributed by atoms with E-state index < -0.39 is 0 Å². The van der Waals surface area contributed by atoms with Gasteiger partial charge in [0.05, 0.1) is 0 Å². The lowest BCUT2D eigenvalue weighted by atomic mass is 10.3.